The number of aromatic nitrogens is 4. The second-order valence-corrected chi connectivity index (χ2v) is 10.4. The molecule has 1 atom stereocenters. The minimum atomic E-state index is -4.43. The minimum absolute atomic E-state index is 0.0178. The summed E-state index contributed by atoms with van der Waals surface area (Å²) in [5.74, 6) is 0.552. The maximum absolute atomic E-state index is 14.0. The van der Waals surface area contributed by atoms with Crippen molar-refractivity contribution in [3.05, 3.63) is 59.2 Å². The van der Waals surface area contributed by atoms with Gasteiger partial charge in [0.05, 0.1) is 23.6 Å². The van der Waals surface area contributed by atoms with E-state index in [4.69, 9.17) is 0 Å². The van der Waals surface area contributed by atoms with E-state index in [1.165, 1.54) is 6.07 Å². The summed E-state index contributed by atoms with van der Waals surface area (Å²) in [6.07, 6.45) is 0.946. The molecule has 39 heavy (non-hydrogen) atoms. The van der Waals surface area contributed by atoms with Gasteiger partial charge in [0, 0.05) is 70.4 Å². The lowest BCUT2D eigenvalue weighted by Crippen LogP contribution is -2.55. The van der Waals surface area contributed by atoms with Crippen LogP contribution in [0.1, 0.15) is 29.3 Å². The number of nitrogens with zero attached hydrogens (tertiary/aromatic N) is 8. The molecule has 208 valence electrons. The molecule has 2 aliphatic rings. The Morgan fingerprint density at radius 3 is 2.41 bits per heavy atom. The molecule has 1 saturated heterocycles. The van der Waals surface area contributed by atoms with Gasteiger partial charge in [-0.25, -0.2) is 9.97 Å². The van der Waals surface area contributed by atoms with Gasteiger partial charge in [-0.3, -0.25) is 9.48 Å². The molecular weight excluding hydrogens is 509 g/mol. The molecule has 2 aromatic heterocycles. The first-order chi connectivity index (χ1) is 18.5. The molecule has 12 heteroatoms. The Morgan fingerprint density at radius 1 is 1.05 bits per heavy atom. The van der Waals surface area contributed by atoms with Gasteiger partial charge in [0.2, 0.25) is 11.9 Å². The van der Waals surface area contributed by atoms with Crippen LogP contribution in [0.2, 0.25) is 0 Å². The fraction of sp³-hybridized carbons (Fsp3) is 0.481. The number of hydrogen-bond donors (Lipinski definition) is 0. The van der Waals surface area contributed by atoms with Crippen LogP contribution in [0.15, 0.2) is 36.8 Å². The van der Waals surface area contributed by atoms with E-state index in [2.05, 4.69) is 20.0 Å². The standard InChI is InChI=1S/C27H33F3N8O/c1-18-7-9-33-38(18)17-25(39)37-12-11-36(15-19(37)2)24-6-5-23(27(28,29)30)21-8-10-35(16-22(21)24)20-13-31-26(32-14-20)34(3)4/h5-7,9,13-14,19H,8,10-12,15-17H2,1-4H3/t19-/m1/s1. The average Bonchev–Trinajstić information content (AvgIpc) is 3.30. The van der Waals surface area contributed by atoms with Gasteiger partial charge in [-0.15, -0.1) is 0 Å². The highest BCUT2D eigenvalue weighted by atomic mass is 19.4. The Hall–Kier alpha value is -3.83. The largest absolute Gasteiger partial charge is 0.416 e. The van der Waals surface area contributed by atoms with Crippen molar-refractivity contribution in [2.45, 2.75) is 45.6 Å². The topological polar surface area (TPSA) is 73.6 Å². The Bertz CT molecular complexity index is 1340. The lowest BCUT2D eigenvalue weighted by atomic mass is 9.91. The van der Waals surface area contributed by atoms with Crippen molar-refractivity contribution < 1.29 is 18.0 Å². The minimum Gasteiger partial charge on any atom is -0.367 e. The summed E-state index contributed by atoms with van der Waals surface area (Å²) < 4.78 is 43.6. The van der Waals surface area contributed by atoms with E-state index in [-0.39, 0.29) is 24.9 Å². The van der Waals surface area contributed by atoms with E-state index in [0.717, 1.165) is 17.1 Å². The van der Waals surface area contributed by atoms with Crippen LogP contribution in [-0.2, 0) is 30.5 Å². The fourth-order valence-corrected chi connectivity index (χ4v) is 5.48. The average molecular weight is 543 g/mol. The van der Waals surface area contributed by atoms with Gasteiger partial charge in [-0.2, -0.15) is 18.3 Å². The van der Waals surface area contributed by atoms with Crippen LogP contribution >= 0.6 is 0 Å². The highest BCUT2D eigenvalue weighted by Gasteiger charge is 2.38. The molecule has 0 radical (unpaired) electrons. The first-order valence-electron chi connectivity index (χ1n) is 13.0. The molecule has 9 nitrogen and oxygen atoms in total. The molecule has 1 amide bonds. The lowest BCUT2D eigenvalue weighted by Gasteiger charge is -2.43. The van der Waals surface area contributed by atoms with Crippen LogP contribution in [-0.4, -0.2) is 76.9 Å². The lowest BCUT2D eigenvalue weighted by molar-refractivity contribution is -0.138. The van der Waals surface area contributed by atoms with Crippen molar-refractivity contribution in [3.63, 3.8) is 0 Å². The van der Waals surface area contributed by atoms with E-state index in [0.29, 0.717) is 49.8 Å². The third-order valence-corrected chi connectivity index (χ3v) is 7.58. The van der Waals surface area contributed by atoms with Crippen LogP contribution in [0, 0.1) is 6.92 Å². The van der Waals surface area contributed by atoms with Crippen LogP contribution in [0.4, 0.5) is 30.5 Å². The maximum Gasteiger partial charge on any atom is 0.416 e. The Balaban J connectivity index is 1.39. The van der Waals surface area contributed by atoms with E-state index < -0.39 is 11.7 Å². The summed E-state index contributed by atoms with van der Waals surface area (Å²) in [6.45, 7) is 6.37. The molecular formula is C27H33F3N8O. The zero-order valence-corrected chi connectivity index (χ0v) is 22.6. The van der Waals surface area contributed by atoms with Gasteiger partial charge in [0.15, 0.2) is 0 Å². The Morgan fingerprint density at radius 2 is 1.79 bits per heavy atom. The zero-order chi connectivity index (χ0) is 27.9. The van der Waals surface area contributed by atoms with Gasteiger partial charge < -0.3 is 19.6 Å². The zero-order valence-electron chi connectivity index (χ0n) is 22.6. The second kappa shape index (κ2) is 10.4. The molecule has 0 aliphatic carbocycles. The summed E-state index contributed by atoms with van der Waals surface area (Å²) in [5.41, 5.74) is 2.92. The molecule has 1 fully saturated rings. The number of hydrogen-bond acceptors (Lipinski definition) is 7. The van der Waals surface area contributed by atoms with E-state index in [9.17, 15) is 18.0 Å². The normalized spacial score (nSPS) is 17.8. The van der Waals surface area contributed by atoms with Gasteiger partial charge in [-0.05, 0) is 49.6 Å². The molecule has 0 spiro atoms. The van der Waals surface area contributed by atoms with Crippen molar-refractivity contribution >= 4 is 23.2 Å². The summed E-state index contributed by atoms with van der Waals surface area (Å²) in [4.78, 5) is 29.6. The fourth-order valence-electron chi connectivity index (χ4n) is 5.48. The molecule has 3 aromatic rings. The van der Waals surface area contributed by atoms with Gasteiger partial charge in [0.25, 0.3) is 0 Å². The summed E-state index contributed by atoms with van der Waals surface area (Å²) >= 11 is 0. The van der Waals surface area contributed by atoms with Crippen LogP contribution in [0.25, 0.3) is 0 Å². The number of rotatable bonds is 5. The number of carbonyl (C=O) groups excluding carboxylic acids is 1. The third-order valence-electron chi connectivity index (χ3n) is 7.58. The number of fused-ring (bicyclic) bond motifs is 1. The first kappa shape index (κ1) is 26.8. The molecule has 0 saturated carbocycles. The number of anilines is 3. The molecule has 0 unspecified atom stereocenters. The second-order valence-electron chi connectivity index (χ2n) is 10.4. The number of carbonyl (C=O) groups is 1. The van der Waals surface area contributed by atoms with Crippen LogP contribution < -0.4 is 14.7 Å². The van der Waals surface area contributed by atoms with Gasteiger partial charge in [-0.1, -0.05) is 0 Å². The number of benzene rings is 1. The molecule has 5 rings (SSSR count). The predicted octanol–water partition coefficient (Wildman–Crippen LogP) is 3.37. The summed E-state index contributed by atoms with van der Waals surface area (Å²) in [6, 6.07) is 4.55. The van der Waals surface area contributed by atoms with Crippen molar-refractivity contribution in [2.75, 3.05) is 55.0 Å². The highest BCUT2D eigenvalue weighted by molar-refractivity contribution is 5.77. The molecule has 0 N–H and O–H groups in total. The monoisotopic (exact) mass is 542 g/mol. The third kappa shape index (κ3) is 5.37. The number of halogens is 3. The van der Waals surface area contributed by atoms with Crippen molar-refractivity contribution in [1.82, 2.24) is 24.6 Å². The van der Waals surface area contributed by atoms with Crippen molar-refractivity contribution in [1.29, 1.82) is 0 Å². The summed E-state index contributed by atoms with van der Waals surface area (Å²) in [7, 11) is 3.70. The Labute approximate surface area is 225 Å². The molecule has 1 aromatic carbocycles. The van der Waals surface area contributed by atoms with Crippen LogP contribution in [0.5, 0.6) is 0 Å². The molecule has 4 heterocycles. The van der Waals surface area contributed by atoms with E-state index in [1.807, 2.05) is 43.8 Å². The van der Waals surface area contributed by atoms with Gasteiger partial charge >= 0.3 is 6.18 Å². The van der Waals surface area contributed by atoms with Crippen molar-refractivity contribution in [2.24, 2.45) is 0 Å². The predicted molar refractivity (Wildman–Crippen MR) is 143 cm³/mol. The van der Waals surface area contributed by atoms with E-state index in [1.54, 1.807) is 34.2 Å². The molecule has 2 aliphatic heterocycles. The SMILES string of the molecule is Cc1ccnn1CC(=O)N1CCN(c2ccc(C(F)(F)F)c3c2CN(c2cnc(N(C)C)nc2)CC3)C[C@H]1C. The first-order valence-corrected chi connectivity index (χ1v) is 13.0. The van der Waals surface area contributed by atoms with Crippen LogP contribution in [0.3, 0.4) is 0 Å². The number of piperazine rings is 1. The maximum atomic E-state index is 14.0. The number of amides is 1. The smallest absolute Gasteiger partial charge is 0.367 e. The molecule has 0 bridgehead atoms. The Kier molecular flexibility index (Phi) is 7.13. The number of aryl methyl sites for hydroxylation is 1. The van der Waals surface area contributed by atoms with E-state index >= 15 is 0 Å². The highest BCUT2D eigenvalue weighted by Crippen LogP contribution is 2.40. The number of alkyl halides is 3. The quantitative estimate of drug-likeness (QED) is 0.490. The summed E-state index contributed by atoms with van der Waals surface area (Å²) in [5, 5.41) is 4.21. The van der Waals surface area contributed by atoms with Gasteiger partial charge in [0.1, 0.15) is 6.54 Å². The van der Waals surface area contributed by atoms with Crippen molar-refractivity contribution in [3.8, 4) is 0 Å².